The number of para-hydroxylation sites is 1. The van der Waals surface area contributed by atoms with Crippen LogP contribution in [0, 0.1) is 0 Å². The Bertz CT molecular complexity index is 1170. The second kappa shape index (κ2) is 9.41. The van der Waals surface area contributed by atoms with Crippen molar-refractivity contribution in [3.8, 4) is 17.3 Å². The average molecular weight is 453 g/mol. The standard InChI is InChI=1S/C23H21ClN4O2S/c1-15(2)18-6-3-4-7-19(18)25-21(29)14-31-23-27-26-22(20-8-5-13-30-20)28(23)17-11-9-16(24)10-12-17/h3-13,15H,14H2,1-2H3,(H,25,29). The summed E-state index contributed by atoms with van der Waals surface area (Å²) < 4.78 is 7.38. The number of carbonyl (C=O) groups excluding carboxylic acids is 1. The molecule has 0 saturated carbocycles. The number of nitrogens with zero attached hydrogens (tertiary/aromatic N) is 3. The highest BCUT2D eigenvalue weighted by Gasteiger charge is 2.19. The van der Waals surface area contributed by atoms with E-state index in [1.165, 1.54) is 11.8 Å². The lowest BCUT2D eigenvalue weighted by Gasteiger charge is -2.13. The van der Waals surface area contributed by atoms with Crippen molar-refractivity contribution in [2.45, 2.75) is 24.9 Å². The molecule has 2 aromatic heterocycles. The summed E-state index contributed by atoms with van der Waals surface area (Å²) in [7, 11) is 0. The number of furan rings is 1. The number of thioether (sulfide) groups is 1. The fourth-order valence-corrected chi connectivity index (χ4v) is 4.06. The third-order valence-electron chi connectivity index (χ3n) is 4.65. The maximum Gasteiger partial charge on any atom is 0.234 e. The molecule has 8 heteroatoms. The van der Waals surface area contributed by atoms with Gasteiger partial charge in [0.05, 0.1) is 12.0 Å². The van der Waals surface area contributed by atoms with Gasteiger partial charge in [-0.25, -0.2) is 0 Å². The van der Waals surface area contributed by atoms with Crippen LogP contribution in [0.3, 0.4) is 0 Å². The van der Waals surface area contributed by atoms with E-state index in [2.05, 4.69) is 29.4 Å². The highest BCUT2D eigenvalue weighted by atomic mass is 35.5. The van der Waals surface area contributed by atoms with Crippen LogP contribution >= 0.6 is 23.4 Å². The molecule has 6 nitrogen and oxygen atoms in total. The average Bonchev–Trinajstić information content (AvgIpc) is 3.43. The summed E-state index contributed by atoms with van der Waals surface area (Å²) in [6.45, 7) is 4.20. The monoisotopic (exact) mass is 452 g/mol. The van der Waals surface area contributed by atoms with Crippen LogP contribution in [0.25, 0.3) is 17.3 Å². The van der Waals surface area contributed by atoms with Crippen molar-refractivity contribution in [1.82, 2.24) is 14.8 Å². The summed E-state index contributed by atoms with van der Waals surface area (Å²) in [6.07, 6.45) is 1.59. The Hall–Kier alpha value is -3.03. The van der Waals surface area contributed by atoms with Gasteiger partial charge in [0.15, 0.2) is 10.9 Å². The summed E-state index contributed by atoms with van der Waals surface area (Å²) >= 11 is 7.36. The fraction of sp³-hybridized carbons (Fsp3) is 0.174. The number of rotatable bonds is 7. The van der Waals surface area contributed by atoms with Crippen LogP contribution in [-0.4, -0.2) is 26.4 Å². The van der Waals surface area contributed by atoms with Crippen molar-refractivity contribution in [2.24, 2.45) is 0 Å². The Morgan fingerprint density at radius 1 is 1.10 bits per heavy atom. The highest BCUT2D eigenvalue weighted by molar-refractivity contribution is 7.99. The summed E-state index contributed by atoms with van der Waals surface area (Å²) in [5, 5.41) is 12.8. The second-order valence-electron chi connectivity index (χ2n) is 7.17. The molecule has 0 saturated heterocycles. The number of aromatic nitrogens is 3. The van der Waals surface area contributed by atoms with Crippen LogP contribution < -0.4 is 5.32 Å². The molecule has 2 aromatic carbocycles. The quantitative estimate of drug-likeness (QED) is 0.346. The van der Waals surface area contributed by atoms with Gasteiger partial charge in [0.2, 0.25) is 11.7 Å². The molecule has 0 spiro atoms. The van der Waals surface area contributed by atoms with Gasteiger partial charge in [0.1, 0.15) is 0 Å². The molecular formula is C23H21ClN4O2S. The zero-order valence-electron chi connectivity index (χ0n) is 17.1. The van der Waals surface area contributed by atoms with Gasteiger partial charge in [-0.15, -0.1) is 10.2 Å². The normalized spacial score (nSPS) is 11.1. The van der Waals surface area contributed by atoms with Crippen molar-refractivity contribution >= 4 is 35.0 Å². The summed E-state index contributed by atoms with van der Waals surface area (Å²) in [5.74, 6) is 1.54. The van der Waals surface area contributed by atoms with E-state index in [4.69, 9.17) is 16.0 Å². The van der Waals surface area contributed by atoms with Gasteiger partial charge in [-0.1, -0.05) is 55.4 Å². The molecular weight excluding hydrogens is 432 g/mol. The molecule has 158 valence electrons. The molecule has 1 N–H and O–H groups in total. The van der Waals surface area contributed by atoms with Gasteiger partial charge in [0, 0.05) is 16.4 Å². The zero-order valence-corrected chi connectivity index (χ0v) is 18.7. The number of hydrogen-bond donors (Lipinski definition) is 1. The van der Waals surface area contributed by atoms with Crippen LogP contribution in [0.4, 0.5) is 5.69 Å². The minimum atomic E-state index is -0.108. The second-order valence-corrected chi connectivity index (χ2v) is 8.55. The summed E-state index contributed by atoms with van der Waals surface area (Å²) in [4.78, 5) is 12.7. The fourth-order valence-electron chi connectivity index (χ4n) is 3.18. The van der Waals surface area contributed by atoms with Crippen molar-refractivity contribution in [2.75, 3.05) is 11.1 Å². The SMILES string of the molecule is CC(C)c1ccccc1NC(=O)CSc1nnc(-c2ccco2)n1-c1ccc(Cl)cc1. The van der Waals surface area contributed by atoms with E-state index in [0.717, 1.165) is 16.9 Å². The minimum absolute atomic E-state index is 0.108. The Labute approximate surface area is 189 Å². The molecule has 2 heterocycles. The molecule has 0 radical (unpaired) electrons. The van der Waals surface area contributed by atoms with E-state index in [-0.39, 0.29) is 11.7 Å². The van der Waals surface area contributed by atoms with Gasteiger partial charge in [-0.2, -0.15) is 0 Å². The molecule has 0 aliphatic heterocycles. The first-order chi connectivity index (χ1) is 15.0. The topological polar surface area (TPSA) is 73.0 Å². The van der Waals surface area contributed by atoms with E-state index in [1.807, 2.05) is 47.0 Å². The zero-order chi connectivity index (χ0) is 21.8. The number of amides is 1. The van der Waals surface area contributed by atoms with E-state index in [0.29, 0.717) is 27.7 Å². The van der Waals surface area contributed by atoms with Gasteiger partial charge in [0.25, 0.3) is 0 Å². The third-order valence-corrected chi connectivity index (χ3v) is 5.83. The molecule has 0 bridgehead atoms. The minimum Gasteiger partial charge on any atom is -0.461 e. The van der Waals surface area contributed by atoms with E-state index < -0.39 is 0 Å². The molecule has 0 fully saturated rings. The molecule has 4 aromatic rings. The highest BCUT2D eigenvalue weighted by Crippen LogP contribution is 2.29. The van der Waals surface area contributed by atoms with Gasteiger partial charge in [-0.05, 0) is 53.9 Å². The van der Waals surface area contributed by atoms with Crippen LogP contribution in [0.2, 0.25) is 5.02 Å². The lowest BCUT2D eigenvalue weighted by atomic mass is 10.0. The van der Waals surface area contributed by atoms with E-state index in [9.17, 15) is 4.79 Å². The number of benzene rings is 2. The van der Waals surface area contributed by atoms with Crippen LogP contribution in [-0.2, 0) is 4.79 Å². The van der Waals surface area contributed by atoms with Crippen molar-refractivity contribution in [3.63, 3.8) is 0 Å². The first kappa shape index (κ1) is 21.2. The van der Waals surface area contributed by atoms with E-state index in [1.54, 1.807) is 24.5 Å². The maximum atomic E-state index is 12.7. The first-order valence-corrected chi connectivity index (χ1v) is 11.2. The molecule has 0 aliphatic carbocycles. The summed E-state index contributed by atoms with van der Waals surface area (Å²) in [5.41, 5.74) is 2.76. The van der Waals surface area contributed by atoms with Gasteiger partial charge >= 0.3 is 0 Å². The van der Waals surface area contributed by atoms with Crippen LogP contribution in [0.5, 0.6) is 0 Å². The molecule has 31 heavy (non-hydrogen) atoms. The summed E-state index contributed by atoms with van der Waals surface area (Å²) in [6, 6.07) is 18.8. The third kappa shape index (κ3) is 4.84. The Balaban J connectivity index is 1.56. The first-order valence-electron chi connectivity index (χ1n) is 9.79. The lowest BCUT2D eigenvalue weighted by Crippen LogP contribution is -2.16. The molecule has 4 rings (SSSR count). The lowest BCUT2D eigenvalue weighted by molar-refractivity contribution is -0.113. The van der Waals surface area contributed by atoms with Crippen molar-refractivity contribution in [3.05, 3.63) is 77.5 Å². The van der Waals surface area contributed by atoms with Gasteiger partial charge < -0.3 is 9.73 Å². The number of carbonyl (C=O) groups is 1. The van der Waals surface area contributed by atoms with Crippen LogP contribution in [0.15, 0.2) is 76.5 Å². The maximum absolute atomic E-state index is 12.7. The number of hydrogen-bond acceptors (Lipinski definition) is 5. The Morgan fingerprint density at radius 2 is 1.87 bits per heavy atom. The molecule has 0 atom stereocenters. The smallest absolute Gasteiger partial charge is 0.234 e. The van der Waals surface area contributed by atoms with E-state index >= 15 is 0 Å². The van der Waals surface area contributed by atoms with Crippen molar-refractivity contribution < 1.29 is 9.21 Å². The Kier molecular flexibility index (Phi) is 6.44. The molecule has 0 aliphatic rings. The van der Waals surface area contributed by atoms with Gasteiger partial charge in [-0.3, -0.25) is 9.36 Å². The number of anilines is 1. The predicted molar refractivity (Wildman–Crippen MR) is 124 cm³/mol. The predicted octanol–water partition coefficient (Wildman–Crippen LogP) is 6.03. The van der Waals surface area contributed by atoms with Crippen LogP contribution in [0.1, 0.15) is 25.3 Å². The molecule has 1 amide bonds. The largest absolute Gasteiger partial charge is 0.461 e. The number of nitrogens with one attached hydrogen (secondary N) is 1. The molecule has 0 unspecified atom stereocenters. The number of halogens is 1. The Morgan fingerprint density at radius 3 is 2.58 bits per heavy atom. The van der Waals surface area contributed by atoms with Crippen molar-refractivity contribution in [1.29, 1.82) is 0 Å².